The fraction of sp³-hybridized carbons (Fsp3) is 0.222. The van der Waals surface area contributed by atoms with E-state index in [1.165, 1.54) is 11.2 Å². The van der Waals surface area contributed by atoms with Crippen LogP contribution in [0.5, 0.6) is 0 Å². The molecule has 0 radical (unpaired) electrons. The van der Waals surface area contributed by atoms with Crippen LogP contribution in [0.2, 0.25) is 0 Å². The highest BCUT2D eigenvalue weighted by Gasteiger charge is 2.28. The Kier molecular flexibility index (Phi) is 4.59. The minimum atomic E-state index is -3.29. The molecule has 25 heavy (non-hydrogen) atoms. The van der Waals surface area contributed by atoms with Gasteiger partial charge in [0.25, 0.3) is 5.91 Å². The van der Waals surface area contributed by atoms with E-state index in [4.69, 9.17) is 0 Å². The zero-order valence-corrected chi connectivity index (χ0v) is 14.5. The Labute approximate surface area is 146 Å². The first-order chi connectivity index (χ1) is 11.9. The summed E-state index contributed by atoms with van der Waals surface area (Å²) < 4.78 is 25.4. The number of carbonyl (C=O) groups is 2. The number of amides is 1. The van der Waals surface area contributed by atoms with E-state index in [0.29, 0.717) is 35.5 Å². The number of ketones is 1. The summed E-state index contributed by atoms with van der Waals surface area (Å²) in [6.45, 7) is 1.88. The summed E-state index contributed by atoms with van der Waals surface area (Å²) in [6, 6.07) is 13.2. The van der Waals surface area contributed by atoms with E-state index in [1.54, 1.807) is 48.5 Å². The number of nitrogens with zero attached hydrogens (tertiary/aromatic N) is 1. The monoisotopic (exact) mass is 358 g/mol. The lowest BCUT2D eigenvalue weighted by Crippen LogP contribution is -2.25. The molecule has 2 aromatic rings. The van der Waals surface area contributed by atoms with Crippen molar-refractivity contribution in [3.63, 3.8) is 0 Å². The van der Waals surface area contributed by atoms with Gasteiger partial charge in [-0.3, -0.25) is 13.9 Å². The third kappa shape index (κ3) is 3.71. The van der Waals surface area contributed by atoms with Crippen molar-refractivity contribution in [2.75, 3.05) is 21.9 Å². The Morgan fingerprint density at radius 1 is 1.04 bits per heavy atom. The molecule has 0 unspecified atom stereocenters. The Hall–Kier alpha value is -2.67. The highest BCUT2D eigenvalue weighted by Crippen LogP contribution is 2.25. The number of nitrogens with one attached hydrogen (secondary N) is 1. The largest absolute Gasteiger partial charge is 0.322 e. The standard InChI is InChI=1S/C18H18N2O4S/c1-13(21)14-5-2-7-16(11-14)19-18(22)15-6-3-8-17(12-15)20-9-4-10-25(20,23)24/h2-3,5-8,11-12H,4,9-10H2,1H3,(H,19,22). The third-order valence-electron chi connectivity index (χ3n) is 4.02. The summed E-state index contributed by atoms with van der Waals surface area (Å²) in [5.41, 5.74) is 1.86. The van der Waals surface area contributed by atoms with Gasteiger partial charge in [0, 0.05) is 23.4 Å². The van der Waals surface area contributed by atoms with Crippen molar-refractivity contribution in [1.82, 2.24) is 0 Å². The maximum atomic E-state index is 12.5. The topological polar surface area (TPSA) is 83.6 Å². The molecule has 1 fully saturated rings. The average molecular weight is 358 g/mol. The maximum absolute atomic E-state index is 12.5. The van der Waals surface area contributed by atoms with Crippen LogP contribution in [0.4, 0.5) is 11.4 Å². The Morgan fingerprint density at radius 3 is 2.44 bits per heavy atom. The quantitative estimate of drug-likeness (QED) is 0.852. The van der Waals surface area contributed by atoms with Crippen LogP contribution in [-0.2, 0) is 10.0 Å². The van der Waals surface area contributed by atoms with E-state index in [-0.39, 0.29) is 17.4 Å². The van der Waals surface area contributed by atoms with Gasteiger partial charge in [-0.2, -0.15) is 0 Å². The van der Waals surface area contributed by atoms with Crippen LogP contribution in [0, 0.1) is 0 Å². The molecule has 130 valence electrons. The van der Waals surface area contributed by atoms with Gasteiger partial charge in [-0.15, -0.1) is 0 Å². The number of sulfonamides is 1. The summed E-state index contributed by atoms with van der Waals surface area (Å²) >= 11 is 0. The molecule has 1 heterocycles. The number of Topliss-reactive ketones (excluding diaryl/α,β-unsaturated/α-hetero) is 1. The smallest absolute Gasteiger partial charge is 0.255 e. The first kappa shape index (κ1) is 17.2. The lowest BCUT2D eigenvalue weighted by molar-refractivity contribution is 0.101. The van der Waals surface area contributed by atoms with Gasteiger partial charge in [-0.1, -0.05) is 18.2 Å². The van der Waals surface area contributed by atoms with Crippen LogP contribution in [0.25, 0.3) is 0 Å². The van der Waals surface area contributed by atoms with Gasteiger partial charge in [-0.05, 0) is 43.7 Å². The number of benzene rings is 2. The van der Waals surface area contributed by atoms with Gasteiger partial charge in [-0.25, -0.2) is 8.42 Å². The average Bonchev–Trinajstić information content (AvgIpc) is 2.94. The minimum absolute atomic E-state index is 0.0858. The summed E-state index contributed by atoms with van der Waals surface area (Å²) in [5, 5.41) is 2.73. The number of carbonyl (C=O) groups excluding carboxylic acids is 2. The van der Waals surface area contributed by atoms with Crippen LogP contribution in [0.1, 0.15) is 34.1 Å². The first-order valence-electron chi connectivity index (χ1n) is 7.90. The molecule has 1 amide bonds. The van der Waals surface area contributed by atoms with Crippen molar-refractivity contribution in [3.8, 4) is 0 Å². The first-order valence-corrected chi connectivity index (χ1v) is 9.50. The van der Waals surface area contributed by atoms with E-state index in [2.05, 4.69) is 5.32 Å². The molecular weight excluding hydrogens is 340 g/mol. The summed E-state index contributed by atoms with van der Waals surface area (Å²) in [6.07, 6.45) is 0.580. The van der Waals surface area contributed by atoms with Crippen LogP contribution in [-0.4, -0.2) is 32.4 Å². The molecule has 7 heteroatoms. The Morgan fingerprint density at radius 2 is 1.76 bits per heavy atom. The van der Waals surface area contributed by atoms with Crippen molar-refractivity contribution in [2.45, 2.75) is 13.3 Å². The van der Waals surface area contributed by atoms with Gasteiger partial charge >= 0.3 is 0 Å². The van der Waals surface area contributed by atoms with Gasteiger partial charge in [0.05, 0.1) is 11.4 Å². The predicted octanol–water partition coefficient (Wildman–Crippen LogP) is 2.68. The van der Waals surface area contributed by atoms with Crippen molar-refractivity contribution >= 4 is 33.1 Å². The zero-order valence-electron chi connectivity index (χ0n) is 13.7. The second-order valence-corrected chi connectivity index (χ2v) is 7.90. The minimum Gasteiger partial charge on any atom is -0.322 e. The lowest BCUT2D eigenvalue weighted by atomic mass is 10.1. The lowest BCUT2D eigenvalue weighted by Gasteiger charge is -2.17. The van der Waals surface area contributed by atoms with Crippen LogP contribution in [0.15, 0.2) is 48.5 Å². The Bertz CT molecular complexity index is 938. The van der Waals surface area contributed by atoms with Crippen molar-refractivity contribution in [3.05, 3.63) is 59.7 Å². The molecule has 0 saturated carbocycles. The second kappa shape index (κ2) is 6.68. The van der Waals surface area contributed by atoms with Crippen LogP contribution >= 0.6 is 0 Å². The Balaban J connectivity index is 1.82. The van der Waals surface area contributed by atoms with E-state index in [0.717, 1.165) is 0 Å². The molecule has 1 saturated heterocycles. The molecule has 1 aliphatic heterocycles. The van der Waals surface area contributed by atoms with E-state index >= 15 is 0 Å². The highest BCUT2D eigenvalue weighted by atomic mass is 32.2. The fourth-order valence-corrected chi connectivity index (χ4v) is 4.31. The zero-order chi connectivity index (χ0) is 18.0. The summed E-state index contributed by atoms with van der Waals surface area (Å²) in [5.74, 6) is -0.321. The highest BCUT2D eigenvalue weighted by molar-refractivity contribution is 7.93. The van der Waals surface area contributed by atoms with Gasteiger partial charge in [0.1, 0.15) is 0 Å². The normalized spacial score (nSPS) is 15.8. The number of hydrogen-bond acceptors (Lipinski definition) is 4. The van der Waals surface area contributed by atoms with Crippen molar-refractivity contribution < 1.29 is 18.0 Å². The van der Waals surface area contributed by atoms with E-state index < -0.39 is 10.0 Å². The number of anilines is 2. The number of rotatable bonds is 4. The molecule has 2 aromatic carbocycles. The van der Waals surface area contributed by atoms with Crippen LogP contribution in [0.3, 0.4) is 0 Å². The SMILES string of the molecule is CC(=O)c1cccc(NC(=O)c2cccc(N3CCCS3(=O)=O)c2)c1. The molecule has 1 aliphatic rings. The molecule has 3 rings (SSSR count). The molecule has 0 aliphatic carbocycles. The molecule has 0 aromatic heterocycles. The molecule has 1 N–H and O–H groups in total. The van der Waals surface area contributed by atoms with Crippen molar-refractivity contribution in [2.24, 2.45) is 0 Å². The van der Waals surface area contributed by atoms with Crippen molar-refractivity contribution in [1.29, 1.82) is 0 Å². The van der Waals surface area contributed by atoms with E-state index in [1.807, 2.05) is 0 Å². The molecular formula is C18H18N2O4S. The summed E-state index contributed by atoms with van der Waals surface area (Å²) in [7, 11) is -3.29. The fourth-order valence-electron chi connectivity index (χ4n) is 2.75. The predicted molar refractivity (Wildman–Crippen MR) is 96.6 cm³/mol. The van der Waals surface area contributed by atoms with Gasteiger partial charge in [0.2, 0.25) is 10.0 Å². The van der Waals surface area contributed by atoms with Gasteiger partial charge in [0.15, 0.2) is 5.78 Å². The molecule has 0 atom stereocenters. The van der Waals surface area contributed by atoms with Crippen LogP contribution < -0.4 is 9.62 Å². The molecule has 6 nitrogen and oxygen atoms in total. The molecule has 0 spiro atoms. The third-order valence-corrected chi connectivity index (χ3v) is 5.89. The maximum Gasteiger partial charge on any atom is 0.255 e. The number of hydrogen-bond donors (Lipinski definition) is 1. The van der Waals surface area contributed by atoms with Gasteiger partial charge < -0.3 is 5.32 Å². The second-order valence-electron chi connectivity index (χ2n) is 5.88. The summed E-state index contributed by atoms with van der Waals surface area (Å²) in [4.78, 5) is 23.9. The van der Waals surface area contributed by atoms with E-state index in [9.17, 15) is 18.0 Å². The molecule has 0 bridgehead atoms.